The summed E-state index contributed by atoms with van der Waals surface area (Å²) < 4.78 is 10.8. The van der Waals surface area contributed by atoms with Crippen molar-refractivity contribution in [1.29, 1.82) is 5.26 Å². The Bertz CT molecular complexity index is 622. The molecule has 0 saturated carbocycles. The van der Waals surface area contributed by atoms with Gasteiger partial charge < -0.3 is 14.8 Å². The lowest BCUT2D eigenvalue weighted by Gasteiger charge is -2.12. The van der Waals surface area contributed by atoms with E-state index in [2.05, 4.69) is 21.4 Å². The molecule has 1 aromatic heterocycles. The first-order valence-electron chi connectivity index (χ1n) is 5.54. The van der Waals surface area contributed by atoms with Gasteiger partial charge in [0.25, 0.3) is 5.88 Å². The number of para-hydroxylation sites is 1. The van der Waals surface area contributed by atoms with Gasteiger partial charge in [0.2, 0.25) is 5.75 Å². The predicted octanol–water partition coefficient (Wildman–Crippen LogP) is 2.19. The number of nitriles is 1. The van der Waals surface area contributed by atoms with E-state index in [0.717, 1.165) is 0 Å². The Kier molecular flexibility index (Phi) is 3.78. The highest BCUT2D eigenvalue weighted by Gasteiger charge is 2.14. The Hall–Kier alpha value is -2.81. The van der Waals surface area contributed by atoms with E-state index in [-0.39, 0.29) is 5.88 Å². The third-order valence-electron chi connectivity index (χ3n) is 2.43. The molecule has 6 heteroatoms. The lowest BCUT2D eigenvalue weighted by Crippen LogP contribution is -2.01. The first-order valence-corrected chi connectivity index (χ1v) is 5.54. The van der Waals surface area contributed by atoms with Gasteiger partial charge in [0.1, 0.15) is 18.1 Å². The Morgan fingerprint density at radius 1 is 1.26 bits per heavy atom. The van der Waals surface area contributed by atoms with E-state index in [4.69, 9.17) is 14.7 Å². The number of benzene rings is 1. The van der Waals surface area contributed by atoms with Crippen molar-refractivity contribution in [2.75, 3.05) is 19.5 Å². The second-order valence-corrected chi connectivity index (χ2v) is 3.52. The first-order chi connectivity index (χ1) is 9.30. The molecule has 1 heterocycles. The van der Waals surface area contributed by atoms with E-state index < -0.39 is 0 Å². The van der Waals surface area contributed by atoms with Gasteiger partial charge >= 0.3 is 0 Å². The smallest absolute Gasteiger partial charge is 0.268 e. The van der Waals surface area contributed by atoms with Crippen LogP contribution in [-0.2, 0) is 0 Å². The molecule has 0 aliphatic heterocycles. The second-order valence-electron chi connectivity index (χ2n) is 3.52. The van der Waals surface area contributed by atoms with Crippen molar-refractivity contribution in [3.8, 4) is 23.4 Å². The summed E-state index contributed by atoms with van der Waals surface area (Å²) in [6.07, 6.45) is 1.36. The summed E-state index contributed by atoms with van der Waals surface area (Å²) in [5, 5.41) is 11.9. The highest BCUT2D eigenvalue weighted by atomic mass is 16.5. The molecule has 0 aliphatic rings. The second kappa shape index (κ2) is 5.69. The molecule has 0 saturated heterocycles. The number of ether oxygens (including phenoxy) is 2. The largest absolute Gasteiger partial charge is 0.489 e. The summed E-state index contributed by atoms with van der Waals surface area (Å²) >= 11 is 0. The number of methoxy groups -OCH3 is 1. The standard InChI is InChI=1S/C13H12N4O2/c1-15-12-11(18-2)13(17-8-16-12)19-10-6-4-3-5-9(10)7-14/h3-6,8H,1-2H3,(H,15,16,17). The number of hydrogen-bond donors (Lipinski definition) is 1. The Morgan fingerprint density at radius 2 is 2.05 bits per heavy atom. The van der Waals surface area contributed by atoms with Crippen molar-refractivity contribution < 1.29 is 9.47 Å². The lowest BCUT2D eigenvalue weighted by molar-refractivity contribution is 0.369. The Morgan fingerprint density at radius 3 is 2.74 bits per heavy atom. The van der Waals surface area contributed by atoms with Crippen LogP contribution in [0.1, 0.15) is 5.56 Å². The van der Waals surface area contributed by atoms with Gasteiger partial charge in [-0.05, 0) is 12.1 Å². The van der Waals surface area contributed by atoms with E-state index in [1.165, 1.54) is 13.4 Å². The normalized spacial score (nSPS) is 9.53. The van der Waals surface area contributed by atoms with E-state index in [1.807, 2.05) is 0 Å². The van der Waals surface area contributed by atoms with E-state index in [1.54, 1.807) is 31.3 Å². The van der Waals surface area contributed by atoms with Gasteiger partial charge in [-0.2, -0.15) is 10.2 Å². The van der Waals surface area contributed by atoms with Crippen LogP contribution in [0.25, 0.3) is 0 Å². The van der Waals surface area contributed by atoms with Crippen LogP contribution < -0.4 is 14.8 Å². The number of nitrogens with one attached hydrogen (secondary N) is 1. The predicted molar refractivity (Wildman–Crippen MR) is 69.4 cm³/mol. The highest BCUT2D eigenvalue weighted by Crippen LogP contribution is 2.34. The summed E-state index contributed by atoms with van der Waals surface area (Å²) in [6.45, 7) is 0. The fourth-order valence-corrected chi connectivity index (χ4v) is 1.54. The average Bonchev–Trinajstić information content (AvgIpc) is 2.47. The molecule has 0 fully saturated rings. The summed E-state index contributed by atoms with van der Waals surface area (Å²) in [6, 6.07) is 8.97. The molecule has 2 rings (SSSR count). The van der Waals surface area contributed by atoms with Gasteiger partial charge in [0.05, 0.1) is 12.7 Å². The fourth-order valence-electron chi connectivity index (χ4n) is 1.54. The maximum Gasteiger partial charge on any atom is 0.268 e. The zero-order valence-electron chi connectivity index (χ0n) is 10.5. The number of aromatic nitrogens is 2. The molecule has 0 amide bonds. The molecule has 96 valence electrons. The first kappa shape index (κ1) is 12.6. The van der Waals surface area contributed by atoms with Gasteiger partial charge in [0.15, 0.2) is 5.82 Å². The lowest BCUT2D eigenvalue weighted by atomic mass is 10.2. The monoisotopic (exact) mass is 256 g/mol. The molecule has 19 heavy (non-hydrogen) atoms. The molecular weight excluding hydrogens is 244 g/mol. The van der Waals surface area contributed by atoms with Crippen molar-refractivity contribution in [2.45, 2.75) is 0 Å². The topological polar surface area (TPSA) is 80.1 Å². The summed E-state index contributed by atoms with van der Waals surface area (Å²) in [5.41, 5.74) is 0.425. The molecule has 1 aromatic carbocycles. The van der Waals surface area contributed by atoms with Crippen molar-refractivity contribution in [2.24, 2.45) is 0 Å². The number of nitrogens with zero attached hydrogens (tertiary/aromatic N) is 3. The van der Waals surface area contributed by atoms with Crippen molar-refractivity contribution in [3.63, 3.8) is 0 Å². The highest BCUT2D eigenvalue weighted by molar-refractivity contribution is 5.56. The molecule has 0 atom stereocenters. The Balaban J connectivity index is 2.41. The Labute approximate surface area is 110 Å². The average molecular weight is 256 g/mol. The van der Waals surface area contributed by atoms with Crippen LogP contribution in [0.5, 0.6) is 17.4 Å². The van der Waals surface area contributed by atoms with E-state index >= 15 is 0 Å². The maximum absolute atomic E-state index is 9.02. The number of hydrogen-bond acceptors (Lipinski definition) is 6. The molecule has 0 spiro atoms. The van der Waals surface area contributed by atoms with Crippen molar-refractivity contribution >= 4 is 5.82 Å². The molecule has 0 aliphatic carbocycles. The number of rotatable bonds is 4. The molecule has 6 nitrogen and oxygen atoms in total. The molecule has 1 N–H and O–H groups in total. The van der Waals surface area contributed by atoms with Gasteiger partial charge in [-0.15, -0.1) is 0 Å². The van der Waals surface area contributed by atoms with Gasteiger partial charge in [-0.1, -0.05) is 12.1 Å². The van der Waals surface area contributed by atoms with Crippen LogP contribution in [0, 0.1) is 11.3 Å². The molecular formula is C13H12N4O2. The quantitative estimate of drug-likeness (QED) is 0.903. The van der Waals surface area contributed by atoms with Gasteiger partial charge in [-0.3, -0.25) is 0 Å². The third-order valence-corrected chi connectivity index (χ3v) is 2.43. The zero-order valence-corrected chi connectivity index (χ0v) is 10.5. The van der Waals surface area contributed by atoms with Crippen LogP contribution in [0.15, 0.2) is 30.6 Å². The van der Waals surface area contributed by atoms with Crippen molar-refractivity contribution in [1.82, 2.24) is 9.97 Å². The SMILES string of the molecule is CNc1ncnc(Oc2ccccc2C#N)c1OC. The third kappa shape index (κ3) is 2.55. The summed E-state index contributed by atoms with van der Waals surface area (Å²) in [7, 11) is 3.22. The van der Waals surface area contributed by atoms with Crippen LogP contribution in [-0.4, -0.2) is 24.1 Å². The molecule has 0 radical (unpaired) electrons. The van der Waals surface area contributed by atoms with Crippen LogP contribution in [0.3, 0.4) is 0 Å². The van der Waals surface area contributed by atoms with Crippen LogP contribution >= 0.6 is 0 Å². The zero-order chi connectivity index (χ0) is 13.7. The maximum atomic E-state index is 9.02. The minimum Gasteiger partial charge on any atom is -0.489 e. The van der Waals surface area contributed by atoms with Crippen LogP contribution in [0.2, 0.25) is 0 Å². The van der Waals surface area contributed by atoms with E-state index in [0.29, 0.717) is 22.9 Å². The van der Waals surface area contributed by atoms with Crippen molar-refractivity contribution in [3.05, 3.63) is 36.2 Å². The fraction of sp³-hybridized carbons (Fsp3) is 0.154. The van der Waals surface area contributed by atoms with Gasteiger partial charge in [0, 0.05) is 7.05 Å². The minimum absolute atomic E-state index is 0.254. The van der Waals surface area contributed by atoms with Gasteiger partial charge in [-0.25, -0.2) is 4.98 Å². The summed E-state index contributed by atoms with van der Waals surface area (Å²) in [4.78, 5) is 8.04. The van der Waals surface area contributed by atoms with E-state index in [9.17, 15) is 0 Å². The van der Waals surface area contributed by atoms with Crippen LogP contribution in [0.4, 0.5) is 5.82 Å². The molecule has 0 unspecified atom stereocenters. The minimum atomic E-state index is 0.254. The summed E-state index contributed by atoms with van der Waals surface area (Å²) in [5.74, 6) is 1.58. The molecule has 2 aromatic rings. The number of anilines is 1. The molecule has 0 bridgehead atoms.